The van der Waals surface area contributed by atoms with Gasteiger partial charge in [-0.3, -0.25) is 19.6 Å². The highest BCUT2D eigenvalue weighted by molar-refractivity contribution is 5.96. The molecule has 0 aromatic heterocycles. The van der Waals surface area contributed by atoms with Crippen LogP contribution < -0.4 is 29.0 Å². The maximum Gasteiger partial charge on any atom is 0.347 e. The average Bonchev–Trinajstić information content (AvgIpc) is 3.61. The zero-order valence-corrected chi connectivity index (χ0v) is 26.0. The molecule has 242 valence electrons. The number of fused-ring (bicyclic) bond motifs is 4. The van der Waals surface area contributed by atoms with Crippen molar-refractivity contribution in [3.63, 3.8) is 0 Å². The number of benzene rings is 4. The van der Waals surface area contributed by atoms with Gasteiger partial charge in [-0.05, 0) is 100 Å². The van der Waals surface area contributed by atoms with Gasteiger partial charge in [0.15, 0.2) is 34.2 Å². The van der Waals surface area contributed by atoms with E-state index in [0.717, 1.165) is 0 Å². The van der Waals surface area contributed by atoms with Gasteiger partial charge in [-0.25, -0.2) is 19.2 Å². The minimum atomic E-state index is -1.26. The average molecular weight is 651 g/mol. The lowest BCUT2D eigenvalue weighted by atomic mass is 10.1. The fraction of sp³-hybridized carbons (Fsp3) is 0.167. The Morgan fingerprint density at radius 1 is 0.500 bits per heavy atom. The van der Waals surface area contributed by atoms with Crippen molar-refractivity contribution in [3.05, 3.63) is 107 Å². The van der Waals surface area contributed by atoms with E-state index in [-0.39, 0.29) is 45.3 Å². The van der Waals surface area contributed by atoms with Crippen molar-refractivity contribution in [1.29, 1.82) is 0 Å². The molecular weight excluding hydrogens is 624 g/mol. The number of hydrogen-bond donors (Lipinski definition) is 0. The van der Waals surface area contributed by atoms with Gasteiger partial charge in [-0.15, -0.1) is 0 Å². The number of hydrogen-bond acceptors (Lipinski definition) is 12. The first-order valence-corrected chi connectivity index (χ1v) is 14.5. The van der Waals surface area contributed by atoms with E-state index in [4.69, 9.17) is 38.5 Å². The number of ether oxygens (including phenoxy) is 4. The molecule has 0 spiro atoms. The van der Waals surface area contributed by atoms with Gasteiger partial charge in [0.1, 0.15) is 22.6 Å². The molecular formula is C36H26O12. The molecule has 0 aliphatic carbocycles. The van der Waals surface area contributed by atoms with E-state index in [1.807, 2.05) is 0 Å². The molecule has 4 aromatic rings. The minimum Gasteiger partial charge on any atom is -0.443 e. The van der Waals surface area contributed by atoms with Crippen molar-refractivity contribution in [2.24, 2.45) is 0 Å². The molecule has 6 rings (SSSR count). The van der Waals surface area contributed by atoms with Crippen LogP contribution in [0.2, 0.25) is 0 Å². The first kappa shape index (κ1) is 31.5. The van der Waals surface area contributed by atoms with E-state index in [1.165, 1.54) is 60.7 Å². The Labute approximate surface area is 273 Å². The van der Waals surface area contributed by atoms with Crippen LogP contribution in [0.4, 0.5) is 0 Å². The summed E-state index contributed by atoms with van der Waals surface area (Å²) in [6.07, 6.45) is 0. The Balaban J connectivity index is 1.01. The third-order valence-corrected chi connectivity index (χ3v) is 6.76. The van der Waals surface area contributed by atoms with Gasteiger partial charge in [0.25, 0.3) is 0 Å². The highest BCUT2D eigenvalue weighted by Gasteiger charge is 2.27. The molecule has 0 amide bonds. The fourth-order valence-corrected chi connectivity index (χ4v) is 4.35. The highest BCUT2D eigenvalue weighted by Crippen LogP contribution is 2.33. The van der Waals surface area contributed by atoms with E-state index in [1.54, 1.807) is 52.0 Å². The first-order valence-electron chi connectivity index (χ1n) is 14.5. The molecule has 0 atom stereocenters. The van der Waals surface area contributed by atoms with Gasteiger partial charge in [0, 0.05) is 12.1 Å². The van der Waals surface area contributed by atoms with Gasteiger partial charge in [0.2, 0.25) is 0 Å². The van der Waals surface area contributed by atoms with Crippen LogP contribution in [0.1, 0.15) is 69.1 Å². The third-order valence-electron chi connectivity index (χ3n) is 6.76. The maximum absolute atomic E-state index is 12.8. The number of carbonyl (C=O) groups excluding carboxylic acids is 4. The predicted octanol–water partition coefficient (Wildman–Crippen LogP) is 6.07. The molecule has 0 radical (unpaired) electrons. The van der Waals surface area contributed by atoms with Crippen LogP contribution in [0.15, 0.2) is 84.9 Å². The second-order valence-electron chi connectivity index (χ2n) is 11.5. The van der Waals surface area contributed by atoms with Gasteiger partial charge >= 0.3 is 23.9 Å². The van der Waals surface area contributed by atoms with Crippen LogP contribution in [-0.4, -0.2) is 35.1 Å². The van der Waals surface area contributed by atoms with E-state index < -0.39 is 35.1 Å². The largest absolute Gasteiger partial charge is 0.443 e. The molecule has 2 heterocycles. The molecule has 12 heteroatoms. The van der Waals surface area contributed by atoms with E-state index in [0.29, 0.717) is 11.5 Å². The second kappa shape index (κ2) is 12.4. The monoisotopic (exact) mass is 650 g/mol. The van der Waals surface area contributed by atoms with Crippen LogP contribution in [0, 0.1) is 11.8 Å². The summed E-state index contributed by atoms with van der Waals surface area (Å²) in [6, 6.07) is 20.9. The van der Waals surface area contributed by atoms with Crippen LogP contribution >= 0.6 is 0 Å². The molecule has 4 bridgehead atoms. The molecule has 12 nitrogen and oxygen atoms in total. The second-order valence-corrected chi connectivity index (χ2v) is 11.5. The van der Waals surface area contributed by atoms with Crippen LogP contribution in [-0.2, 0) is 9.47 Å². The zero-order valence-electron chi connectivity index (χ0n) is 26.0. The van der Waals surface area contributed by atoms with Gasteiger partial charge in [0.05, 0.1) is 11.1 Å². The smallest absolute Gasteiger partial charge is 0.347 e. The van der Waals surface area contributed by atoms with Gasteiger partial charge in [-0.1, -0.05) is 11.8 Å². The van der Waals surface area contributed by atoms with E-state index in [2.05, 4.69) is 11.8 Å². The lowest BCUT2D eigenvalue weighted by Gasteiger charge is -2.22. The molecule has 48 heavy (non-hydrogen) atoms. The Bertz CT molecular complexity index is 1850. The first-order chi connectivity index (χ1) is 22.8. The number of esters is 4. The summed E-state index contributed by atoms with van der Waals surface area (Å²) in [7, 11) is 0. The topological polar surface area (TPSA) is 142 Å². The molecule has 0 saturated carbocycles. The summed E-state index contributed by atoms with van der Waals surface area (Å²) in [5, 5.41) is 0. The molecule has 4 aromatic carbocycles. The standard InChI is InChI=1S/C36H26O12/c1-35(2,43-31(37)21-5-9-23(10-6-21)41-33(39)27-15-13-25-19-29(27)47-45-25)17-18-36(3,4)44-32(38)22-7-11-24(12-8-22)42-34(40)28-16-14-26-20-30(28)48-46-26/h5-16,19-20H,1-4H3. The summed E-state index contributed by atoms with van der Waals surface area (Å²) in [4.78, 5) is 70.5. The van der Waals surface area contributed by atoms with E-state index in [9.17, 15) is 19.2 Å². The SMILES string of the molecule is CC(C)(C#CC(C)(C)OC(=O)c1ccc(OC(=O)c2ccc3cc2OO3)cc1)OC(=O)c1ccc(OC(=O)c2ccc3cc2OO3)cc1. The van der Waals surface area contributed by atoms with E-state index >= 15 is 0 Å². The number of carbonyl (C=O) groups is 4. The Morgan fingerprint density at radius 2 is 0.875 bits per heavy atom. The van der Waals surface area contributed by atoms with Crippen molar-refractivity contribution in [1.82, 2.24) is 0 Å². The molecule has 0 saturated heterocycles. The zero-order chi connectivity index (χ0) is 34.1. The molecule has 0 N–H and O–H groups in total. The van der Waals surface area contributed by atoms with Crippen LogP contribution in [0.25, 0.3) is 0 Å². The summed E-state index contributed by atoms with van der Waals surface area (Å²) in [6.45, 7) is 6.37. The lowest BCUT2D eigenvalue weighted by molar-refractivity contribution is -0.0851. The predicted molar refractivity (Wildman–Crippen MR) is 165 cm³/mol. The Morgan fingerprint density at radius 3 is 1.25 bits per heavy atom. The van der Waals surface area contributed by atoms with Crippen molar-refractivity contribution >= 4 is 23.9 Å². The van der Waals surface area contributed by atoms with Crippen molar-refractivity contribution < 1.29 is 57.7 Å². The summed E-state index contributed by atoms with van der Waals surface area (Å²) in [5.41, 5.74) is -1.75. The summed E-state index contributed by atoms with van der Waals surface area (Å²) >= 11 is 0. The normalized spacial score (nSPS) is 12.2. The summed E-state index contributed by atoms with van der Waals surface area (Å²) in [5.74, 6) is 4.92. The van der Waals surface area contributed by atoms with Crippen LogP contribution in [0.3, 0.4) is 0 Å². The van der Waals surface area contributed by atoms with Crippen molar-refractivity contribution in [3.8, 4) is 46.3 Å². The Hall–Kier alpha value is -6.48. The molecule has 2 aliphatic heterocycles. The van der Waals surface area contributed by atoms with Crippen molar-refractivity contribution in [2.75, 3.05) is 0 Å². The highest BCUT2D eigenvalue weighted by atomic mass is 17.2. The third kappa shape index (κ3) is 7.16. The lowest BCUT2D eigenvalue weighted by Crippen LogP contribution is -2.30. The Kier molecular flexibility index (Phi) is 8.12. The molecule has 2 aliphatic rings. The summed E-state index contributed by atoms with van der Waals surface area (Å²) < 4.78 is 21.9. The molecule has 0 fully saturated rings. The fourth-order valence-electron chi connectivity index (χ4n) is 4.35. The molecule has 0 unspecified atom stereocenters. The quantitative estimate of drug-likeness (QED) is 0.0945. The van der Waals surface area contributed by atoms with Gasteiger partial charge in [-0.2, -0.15) is 0 Å². The van der Waals surface area contributed by atoms with Crippen LogP contribution in [0.5, 0.6) is 34.5 Å². The maximum atomic E-state index is 12.8. The number of rotatable bonds is 8. The van der Waals surface area contributed by atoms with Gasteiger partial charge < -0.3 is 18.9 Å². The van der Waals surface area contributed by atoms with Crippen molar-refractivity contribution in [2.45, 2.75) is 38.9 Å². The minimum absolute atomic E-state index is 0.188.